The molecule has 2 heterocycles. The molecule has 1 atom stereocenters. The lowest BCUT2D eigenvalue weighted by atomic mass is 10.00. The van der Waals surface area contributed by atoms with E-state index in [9.17, 15) is 14.7 Å². The molecule has 1 N–H and O–H groups in total. The van der Waals surface area contributed by atoms with Crippen molar-refractivity contribution in [3.8, 4) is 0 Å². The van der Waals surface area contributed by atoms with E-state index < -0.39 is 11.6 Å². The molecule has 0 saturated carbocycles. The van der Waals surface area contributed by atoms with Crippen molar-refractivity contribution in [1.82, 2.24) is 14.7 Å². The Bertz CT molecular complexity index is 835. The zero-order valence-electron chi connectivity index (χ0n) is 14.9. The molecule has 2 aromatic rings. The molecule has 1 aliphatic heterocycles. The quantitative estimate of drug-likeness (QED) is 0.904. The van der Waals surface area contributed by atoms with Gasteiger partial charge in [0.1, 0.15) is 5.60 Å². The third kappa shape index (κ3) is 3.45. The fraction of sp³-hybridized carbons (Fsp3) is 0.500. The smallest absolute Gasteiger partial charge is 0.410 e. The number of likely N-dealkylation sites (tertiary alicyclic amines) is 1. The van der Waals surface area contributed by atoms with Crippen molar-refractivity contribution in [1.29, 1.82) is 0 Å². The van der Waals surface area contributed by atoms with Gasteiger partial charge in [-0.1, -0.05) is 0 Å². The molecular formula is C18H23N3O4. The molecule has 1 aliphatic rings. The molecule has 1 fully saturated rings. The molecule has 0 bridgehead atoms. The molecule has 1 amide bonds. The Labute approximate surface area is 146 Å². The highest BCUT2D eigenvalue weighted by Crippen LogP contribution is 2.32. The van der Waals surface area contributed by atoms with Crippen molar-refractivity contribution < 1.29 is 19.4 Å². The first-order valence-corrected chi connectivity index (χ1v) is 8.33. The number of nitrogens with zero attached hydrogens (tertiary/aromatic N) is 3. The van der Waals surface area contributed by atoms with Crippen LogP contribution >= 0.6 is 0 Å². The summed E-state index contributed by atoms with van der Waals surface area (Å²) in [5, 5.41) is 14.7. The number of hydrogen-bond donors (Lipinski definition) is 1. The topological polar surface area (TPSA) is 84.7 Å². The van der Waals surface area contributed by atoms with E-state index in [1.807, 2.05) is 27.8 Å². The Balaban J connectivity index is 1.86. The summed E-state index contributed by atoms with van der Waals surface area (Å²) in [5.74, 6) is -0.890. The number of amides is 1. The molecular weight excluding hydrogens is 322 g/mol. The lowest BCUT2D eigenvalue weighted by Gasteiger charge is -2.24. The van der Waals surface area contributed by atoms with Gasteiger partial charge in [-0.25, -0.2) is 9.59 Å². The minimum absolute atomic E-state index is 0.0697. The fourth-order valence-corrected chi connectivity index (χ4v) is 3.20. The molecule has 0 radical (unpaired) electrons. The number of aromatic carboxylic acids is 1. The number of carboxylic acid groups (broad SMARTS) is 1. The van der Waals surface area contributed by atoms with Crippen LogP contribution in [0, 0.1) is 0 Å². The maximum Gasteiger partial charge on any atom is 0.410 e. The summed E-state index contributed by atoms with van der Waals surface area (Å²) in [4.78, 5) is 25.2. The number of aromatic nitrogens is 2. The number of ether oxygens (including phenoxy) is 1. The fourth-order valence-electron chi connectivity index (χ4n) is 3.20. The second-order valence-corrected chi connectivity index (χ2v) is 7.46. The Morgan fingerprint density at radius 2 is 2.04 bits per heavy atom. The highest BCUT2D eigenvalue weighted by molar-refractivity contribution is 5.94. The van der Waals surface area contributed by atoms with Crippen molar-refractivity contribution in [2.24, 2.45) is 7.05 Å². The average Bonchev–Trinajstić information content (AvgIpc) is 3.10. The highest BCUT2D eigenvalue weighted by Gasteiger charge is 2.33. The van der Waals surface area contributed by atoms with Gasteiger partial charge < -0.3 is 14.7 Å². The first-order chi connectivity index (χ1) is 11.7. The summed E-state index contributed by atoms with van der Waals surface area (Å²) < 4.78 is 7.19. The first kappa shape index (κ1) is 17.3. The number of carboxylic acids is 1. The molecule has 1 aromatic carbocycles. The number of hydrogen-bond acceptors (Lipinski definition) is 4. The molecule has 0 spiro atoms. The number of aryl methyl sites for hydroxylation is 1. The Morgan fingerprint density at radius 1 is 1.32 bits per heavy atom. The molecule has 1 aromatic heterocycles. The van der Waals surface area contributed by atoms with E-state index in [2.05, 4.69) is 5.10 Å². The molecule has 1 saturated heterocycles. The summed E-state index contributed by atoms with van der Waals surface area (Å²) in [6.45, 7) is 6.67. The average molecular weight is 345 g/mol. The second kappa shape index (κ2) is 6.06. The van der Waals surface area contributed by atoms with Crippen LogP contribution in [-0.2, 0) is 11.8 Å². The van der Waals surface area contributed by atoms with Crippen LogP contribution in [0.5, 0.6) is 0 Å². The predicted molar refractivity (Wildman–Crippen MR) is 92.8 cm³/mol. The standard InChI is InChI=1S/C18H23N3O4/c1-18(2,3)25-17(24)21-8-7-12(10-21)15-13-9-11(16(22)23)5-6-14(13)20(4)19-15/h5-6,9,12H,7-8,10H2,1-4H3,(H,22,23)/t12-/m1/s1. The molecule has 3 rings (SSSR count). The van der Waals surface area contributed by atoms with E-state index in [0.717, 1.165) is 23.0 Å². The maximum atomic E-state index is 12.3. The maximum absolute atomic E-state index is 12.3. The summed E-state index contributed by atoms with van der Waals surface area (Å²) in [6, 6.07) is 5.02. The van der Waals surface area contributed by atoms with Gasteiger partial charge in [0.05, 0.1) is 16.8 Å². The third-order valence-corrected chi connectivity index (χ3v) is 4.35. The molecule has 25 heavy (non-hydrogen) atoms. The molecule has 0 unspecified atom stereocenters. The zero-order chi connectivity index (χ0) is 18.4. The molecule has 7 heteroatoms. The Kier molecular flexibility index (Phi) is 4.18. The van der Waals surface area contributed by atoms with Crippen LogP contribution in [0.3, 0.4) is 0 Å². The Hall–Kier alpha value is -2.57. The number of fused-ring (bicyclic) bond motifs is 1. The summed E-state index contributed by atoms with van der Waals surface area (Å²) in [5.41, 5.74) is 1.44. The van der Waals surface area contributed by atoms with E-state index >= 15 is 0 Å². The van der Waals surface area contributed by atoms with E-state index in [1.54, 1.807) is 27.8 Å². The van der Waals surface area contributed by atoms with Gasteiger partial charge in [-0.05, 0) is 45.4 Å². The normalized spacial score (nSPS) is 17.9. The van der Waals surface area contributed by atoms with Gasteiger partial charge in [0.15, 0.2) is 0 Å². The van der Waals surface area contributed by atoms with Crippen molar-refractivity contribution >= 4 is 23.0 Å². The molecule has 7 nitrogen and oxygen atoms in total. The van der Waals surface area contributed by atoms with Gasteiger partial charge in [-0.3, -0.25) is 4.68 Å². The van der Waals surface area contributed by atoms with Gasteiger partial charge in [0.25, 0.3) is 0 Å². The third-order valence-electron chi connectivity index (χ3n) is 4.35. The first-order valence-electron chi connectivity index (χ1n) is 8.33. The van der Waals surface area contributed by atoms with Crippen LogP contribution in [0.4, 0.5) is 4.79 Å². The zero-order valence-corrected chi connectivity index (χ0v) is 14.9. The predicted octanol–water partition coefficient (Wildman–Crippen LogP) is 3.00. The van der Waals surface area contributed by atoms with Gasteiger partial charge in [0.2, 0.25) is 0 Å². The van der Waals surface area contributed by atoms with Crippen LogP contribution in [0.1, 0.15) is 49.2 Å². The number of carbonyl (C=O) groups is 2. The molecule has 134 valence electrons. The van der Waals surface area contributed by atoms with E-state index in [-0.39, 0.29) is 17.6 Å². The molecule has 0 aliphatic carbocycles. The van der Waals surface area contributed by atoms with E-state index in [4.69, 9.17) is 4.74 Å². The lowest BCUT2D eigenvalue weighted by molar-refractivity contribution is 0.0292. The largest absolute Gasteiger partial charge is 0.478 e. The number of carbonyl (C=O) groups excluding carboxylic acids is 1. The van der Waals surface area contributed by atoms with Gasteiger partial charge in [-0.2, -0.15) is 5.10 Å². The lowest BCUT2D eigenvalue weighted by Crippen LogP contribution is -2.35. The van der Waals surface area contributed by atoms with Crippen LogP contribution in [0.15, 0.2) is 18.2 Å². The van der Waals surface area contributed by atoms with Crippen LogP contribution < -0.4 is 0 Å². The minimum atomic E-state index is -0.960. The van der Waals surface area contributed by atoms with Gasteiger partial charge in [0, 0.05) is 31.4 Å². The highest BCUT2D eigenvalue weighted by atomic mass is 16.6. The van der Waals surface area contributed by atoms with Crippen molar-refractivity contribution in [2.45, 2.75) is 38.7 Å². The number of rotatable bonds is 2. The van der Waals surface area contributed by atoms with E-state index in [1.165, 1.54) is 0 Å². The van der Waals surface area contributed by atoms with Gasteiger partial charge >= 0.3 is 12.1 Å². The van der Waals surface area contributed by atoms with Gasteiger partial charge in [-0.15, -0.1) is 0 Å². The van der Waals surface area contributed by atoms with Crippen LogP contribution in [0.2, 0.25) is 0 Å². The van der Waals surface area contributed by atoms with E-state index in [0.29, 0.717) is 13.1 Å². The SMILES string of the molecule is Cn1nc([C@@H]2CCN(C(=O)OC(C)(C)C)C2)c2cc(C(=O)O)ccc21. The second-order valence-electron chi connectivity index (χ2n) is 7.46. The van der Waals surface area contributed by atoms with Crippen molar-refractivity contribution in [3.63, 3.8) is 0 Å². The Morgan fingerprint density at radius 3 is 2.68 bits per heavy atom. The van der Waals surface area contributed by atoms with Crippen molar-refractivity contribution in [3.05, 3.63) is 29.5 Å². The van der Waals surface area contributed by atoms with Crippen LogP contribution in [-0.4, -0.2) is 50.5 Å². The summed E-state index contributed by atoms with van der Waals surface area (Å²) in [6.07, 6.45) is 0.462. The summed E-state index contributed by atoms with van der Waals surface area (Å²) >= 11 is 0. The minimum Gasteiger partial charge on any atom is -0.478 e. The monoisotopic (exact) mass is 345 g/mol. The van der Waals surface area contributed by atoms with Crippen LogP contribution in [0.25, 0.3) is 10.9 Å². The van der Waals surface area contributed by atoms with Crippen molar-refractivity contribution in [2.75, 3.05) is 13.1 Å². The summed E-state index contributed by atoms with van der Waals surface area (Å²) in [7, 11) is 1.84. The number of benzene rings is 1.